The van der Waals surface area contributed by atoms with E-state index in [9.17, 15) is 14.4 Å². The molecule has 1 atom stereocenters. The van der Waals surface area contributed by atoms with Crippen LogP contribution in [-0.4, -0.2) is 35.3 Å². The SMILES string of the molecule is CC(C)c1ccc(N2C(=O)N[C@H](CCC(=O)N3CCc4ccccc4C3)C2=O)cc1. The molecule has 2 heterocycles. The highest BCUT2D eigenvalue weighted by Gasteiger charge is 2.39. The van der Waals surface area contributed by atoms with E-state index in [-0.39, 0.29) is 18.2 Å². The van der Waals surface area contributed by atoms with Crippen LogP contribution in [0.2, 0.25) is 0 Å². The first-order valence-corrected chi connectivity index (χ1v) is 10.5. The lowest BCUT2D eigenvalue weighted by Crippen LogP contribution is -2.37. The number of carbonyl (C=O) groups excluding carboxylic acids is 3. The normalized spacial score (nSPS) is 18.6. The van der Waals surface area contributed by atoms with Crippen molar-refractivity contribution in [2.24, 2.45) is 0 Å². The lowest BCUT2D eigenvalue weighted by Gasteiger charge is -2.29. The van der Waals surface area contributed by atoms with Gasteiger partial charge >= 0.3 is 6.03 Å². The minimum atomic E-state index is -0.664. The summed E-state index contributed by atoms with van der Waals surface area (Å²) >= 11 is 0. The second-order valence-electron chi connectivity index (χ2n) is 8.29. The summed E-state index contributed by atoms with van der Waals surface area (Å²) in [6.07, 6.45) is 1.39. The number of carbonyl (C=O) groups is 3. The van der Waals surface area contributed by atoms with E-state index in [1.165, 1.54) is 16.0 Å². The van der Waals surface area contributed by atoms with Crippen LogP contribution in [0, 0.1) is 0 Å². The lowest BCUT2D eigenvalue weighted by molar-refractivity contribution is -0.132. The van der Waals surface area contributed by atoms with Crippen molar-refractivity contribution in [1.29, 1.82) is 0 Å². The second-order valence-corrected chi connectivity index (χ2v) is 8.29. The van der Waals surface area contributed by atoms with Gasteiger partial charge in [0, 0.05) is 19.5 Å². The summed E-state index contributed by atoms with van der Waals surface area (Å²) in [6.45, 7) is 5.48. The van der Waals surface area contributed by atoms with Crippen LogP contribution in [0.3, 0.4) is 0 Å². The van der Waals surface area contributed by atoms with Crippen molar-refractivity contribution >= 4 is 23.5 Å². The minimum absolute atomic E-state index is 0.0197. The molecule has 1 fully saturated rings. The Bertz CT molecular complexity index is 968. The largest absolute Gasteiger partial charge is 0.338 e. The van der Waals surface area contributed by atoms with Crippen LogP contribution >= 0.6 is 0 Å². The number of benzene rings is 2. The van der Waals surface area contributed by atoms with Gasteiger partial charge in [-0.1, -0.05) is 50.2 Å². The number of rotatable bonds is 5. The molecule has 0 bridgehead atoms. The average Bonchev–Trinajstić information content (AvgIpc) is 3.04. The summed E-state index contributed by atoms with van der Waals surface area (Å²) < 4.78 is 0. The predicted molar refractivity (Wildman–Crippen MR) is 115 cm³/mol. The maximum absolute atomic E-state index is 12.8. The molecule has 0 aliphatic carbocycles. The monoisotopic (exact) mass is 405 g/mol. The first kappa shape index (κ1) is 20.1. The van der Waals surface area contributed by atoms with Crippen LogP contribution < -0.4 is 10.2 Å². The number of urea groups is 1. The number of imide groups is 1. The van der Waals surface area contributed by atoms with Crippen LogP contribution in [0.25, 0.3) is 0 Å². The molecule has 1 saturated heterocycles. The number of nitrogens with zero attached hydrogens (tertiary/aromatic N) is 2. The average molecular weight is 405 g/mol. The Morgan fingerprint density at radius 1 is 1.07 bits per heavy atom. The molecule has 2 aliphatic heterocycles. The molecule has 4 amide bonds. The van der Waals surface area contributed by atoms with E-state index >= 15 is 0 Å². The number of hydrogen-bond acceptors (Lipinski definition) is 3. The fraction of sp³-hybridized carbons (Fsp3) is 0.375. The first-order valence-electron chi connectivity index (χ1n) is 10.5. The number of amides is 4. The third-order valence-corrected chi connectivity index (χ3v) is 5.97. The molecule has 2 aromatic carbocycles. The van der Waals surface area contributed by atoms with E-state index in [1.807, 2.05) is 29.2 Å². The van der Waals surface area contributed by atoms with Crippen molar-refractivity contribution < 1.29 is 14.4 Å². The molecule has 6 nitrogen and oxygen atoms in total. The van der Waals surface area contributed by atoms with Gasteiger partial charge in [-0.2, -0.15) is 0 Å². The Morgan fingerprint density at radius 2 is 1.77 bits per heavy atom. The van der Waals surface area contributed by atoms with Crippen LogP contribution in [0.5, 0.6) is 0 Å². The van der Waals surface area contributed by atoms with Crippen molar-refractivity contribution in [2.45, 2.75) is 51.6 Å². The summed E-state index contributed by atoms with van der Waals surface area (Å²) in [4.78, 5) is 40.9. The van der Waals surface area contributed by atoms with Crippen LogP contribution in [0.15, 0.2) is 48.5 Å². The molecule has 0 aromatic heterocycles. The Morgan fingerprint density at radius 3 is 2.47 bits per heavy atom. The molecule has 4 rings (SSSR count). The van der Waals surface area contributed by atoms with Gasteiger partial charge < -0.3 is 10.2 Å². The smallest absolute Gasteiger partial charge is 0.329 e. The Kier molecular flexibility index (Phi) is 5.57. The first-order chi connectivity index (χ1) is 14.4. The van der Waals surface area contributed by atoms with Gasteiger partial charge in [0.1, 0.15) is 6.04 Å². The van der Waals surface area contributed by atoms with E-state index in [1.54, 1.807) is 12.1 Å². The summed E-state index contributed by atoms with van der Waals surface area (Å²) in [5.74, 6) is 0.100. The van der Waals surface area contributed by atoms with E-state index in [4.69, 9.17) is 0 Å². The van der Waals surface area contributed by atoms with Crippen molar-refractivity contribution in [3.05, 3.63) is 65.2 Å². The number of hydrogen-bond donors (Lipinski definition) is 1. The van der Waals surface area contributed by atoms with Crippen molar-refractivity contribution in [1.82, 2.24) is 10.2 Å². The number of anilines is 1. The molecule has 6 heteroatoms. The van der Waals surface area contributed by atoms with Gasteiger partial charge in [-0.25, -0.2) is 9.69 Å². The Balaban J connectivity index is 1.36. The van der Waals surface area contributed by atoms with Crippen LogP contribution in [0.1, 0.15) is 49.3 Å². The standard InChI is InChI=1S/C24H27N3O3/c1-16(2)17-7-9-20(10-8-17)27-23(29)21(25-24(27)30)11-12-22(28)26-14-13-18-5-3-4-6-19(18)15-26/h3-10,16,21H,11-15H2,1-2H3,(H,25,30)/t21-/m1/s1. The highest BCUT2D eigenvalue weighted by molar-refractivity contribution is 6.21. The molecular formula is C24H27N3O3. The van der Waals surface area contributed by atoms with Gasteiger partial charge in [0.05, 0.1) is 5.69 Å². The number of nitrogens with one attached hydrogen (secondary N) is 1. The van der Waals surface area contributed by atoms with Gasteiger partial charge in [0.2, 0.25) is 5.91 Å². The minimum Gasteiger partial charge on any atom is -0.338 e. The predicted octanol–water partition coefficient (Wildman–Crippen LogP) is 3.60. The summed E-state index contributed by atoms with van der Waals surface area (Å²) in [6, 6.07) is 14.5. The molecule has 0 unspecified atom stereocenters. The van der Waals surface area contributed by atoms with Crippen molar-refractivity contribution in [3.8, 4) is 0 Å². The quantitative estimate of drug-likeness (QED) is 0.773. The zero-order valence-electron chi connectivity index (χ0n) is 17.4. The summed E-state index contributed by atoms with van der Waals surface area (Å²) in [5.41, 5.74) is 4.18. The van der Waals surface area contributed by atoms with E-state index in [2.05, 4.69) is 31.3 Å². The zero-order chi connectivity index (χ0) is 21.3. The van der Waals surface area contributed by atoms with E-state index in [0.717, 1.165) is 12.0 Å². The fourth-order valence-electron chi connectivity index (χ4n) is 4.11. The van der Waals surface area contributed by atoms with E-state index < -0.39 is 12.1 Å². The fourth-order valence-corrected chi connectivity index (χ4v) is 4.11. The van der Waals surface area contributed by atoms with Gasteiger partial charge in [0.25, 0.3) is 5.91 Å². The van der Waals surface area contributed by atoms with Gasteiger partial charge in [-0.15, -0.1) is 0 Å². The molecular weight excluding hydrogens is 378 g/mol. The topological polar surface area (TPSA) is 69.7 Å². The highest BCUT2D eigenvalue weighted by Crippen LogP contribution is 2.25. The maximum Gasteiger partial charge on any atom is 0.329 e. The molecule has 30 heavy (non-hydrogen) atoms. The Hall–Kier alpha value is -3.15. The van der Waals surface area contributed by atoms with Gasteiger partial charge in [0.15, 0.2) is 0 Å². The lowest BCUT2D eigenvalue weighted by atomic mass is 9.99. The van der Waals surface area contributed by atoms with Crippen LogP contribution in [-0.2, 0) is 22.6 Å². The molecule has 2 aromatic rings. The third-order valence-electron chi connectivity index (χ3n) is 5.97. The highest BCUT2D eigenvalue weighted by atomic mass is 16.2. The third kappa shape index (κ3) is 3.95. The molecule has 1 N–H and O–H groups in total. The molecule has 0 radical (unpaired) electrons. The molecule has 0 spiro atoms. The molecule has 156 valence electrons. The zero-order valence-corrected chi connectivity index (χ0v) is 17.4. The van der Waals surface area contributed by atoms with Gasteiger partial charge in [-0.3, -0.25) is 9.59 Å². The Labute approximate surface area is 176 Å². The van der Waals surface area contributed by atoms with Crippen molar-refractivity contribution in [3.63, 3.8) is 0 Å². The molecule has 2 aliphatic rings. The van der Waals surface area contributed by atoms with E-state index in [0.29, 0.717) is 31.1 Å². The molecule has 0 saturated carbocycles. The van der Waals surface area contributed by atoms with Gasteiger partial charge in [-0.05, 0) is 47.6 Å². The second kappa shape index (κ2) is 8.30. The van der Waals surface area contributed by atoms with Crippen molar-refractivity contribution in [2.75, 3.05) is 11.4 Å². The number of fused-ring (bicyclic) bond motifs is 1. The summed E-state index contributed by atoms with van der Waals surface area (Å²) in [7, 11) is 0. The summed E-state index contributed by atoms with van der Waals surface area (Å²) in [5, 5.41) is 2.73. The van der Waals surface area contributed by atoms with Crippen LogP contribution in [0.4, 0.5) is 10.5 Å². The maximum atomic E-state index is 12.8.